The van der Waals surface area contributed by atoms with Crippen LogP contribution in [-0.4, -0.2) is 42.6 Å². The molecule has 1 unspecified atom stereocenters. The molecule has 0 saturated carbocycles. The van der Waals surface area contributed by atoms with Crippen LogP contribution in [-0.2, 0) is 11.2 Å². The molecule has 1 aliphatic rings. The van der Waals surface area contributed by atoms with E-state index in [0.29, 0.717) is 18.9 Å². The first-order valence-corrected chi connectivity index (χ1v) is 10.7. The normalized spacial score (nSPS) is 16.2. The van der Waals surface area contributed by atoms with E-state index in [4.69, 9.17) is 13.9 Å². The van der Waals surface area contributed by atoms with Crippen molar-refractivity contribution in [2.24, 2.45) is 0 Å². The average molecular weight is 421 g/mol. The molecule has 2 aromatic carbocycles. The second kappa shape index (κ2) is 9.69. The topological polar surface area (TPSA) is 64.8 Å². The van der Waals surface area contributed by atoms with E-state index >= 15 is 0 Å². The first kappa shape index (κ1) is 21.0. The Morgan fingerprint density at radius 2 is 2.10 bits per heavy atom. The summed E-state index contributed by atoms with van der Waals surface area (Å²) in [6.45, 7) is 3.37. The highest BCUT2D eigenvalue weighted by molar-refractivity contribution is 5.78. The molecule has 1 fully saturated rings. The van der Waals surface area contributed by atoms with Crippen LogP contribution in [0.5, 0.6) is 11.5 Å². The Hall–Kier alpha value is -3.28. The maximum atomic E-state index is 12.7. The smallest absolute Gasteiger partial charge is 0.260 e. The number of aryl methyl sites for hydroxylation is 1. The molecule has 162 valence electrons. The number of rotatable bonds is 7. The lowest BCUT2D eigenvalue weighted by atomic mass is 9.98. The fourth-order valence-corrected chi connectivity index (χ4v) is 3.93. The number of benzene rings is 2. The standard InChI is InChI=1S/C25H28N2O4/c1-18-7-3-4-11-23(18)30-17-24(28)27-12-6-9-20(16-27)25-26-15-22(31-25)14-19-8-5-10-21(13-19)29-2/h3-5,7-8,10-11,13,15,20H,6,9,12,14,16-17H2,1-2H3. The highest BCUT2D eigenvalue weighted by Gasteiger charge is 2.28. The van der Waals surface area contributed by atoms with Gasteiger partial charge in [0, 0.05) is 19.5 Å². The lowest BCUT2D eigenvalue weighted by Crippen LogP contribution is -2.41. The molecule has 1 amide bonds. The van der Waals surface area contributed by atoms with Crippen molar-refractivity contribution in [3.05, 3.63) is 77.5 Å². The van der Waals surface area contributed by atoms with Crippen molar-refractivity contribution in [1.82, 2.24) is 9.88 Å². The Labute approximate surface area is 182 Å². The number of ether oxygens (including phenoxy) is 2. The number of nitrogens with zero attached hydrogens (tertiary/aromatic N) is 2. The van der Waals surface area contributed by atoms with E-state index in [-0.39, 0.29) is 18.4 Å². The summed E-state index contributed by atoms with van der Waals surface area (Å²) in [5, 5.41) is 0. The third kappa shape index (κ3) is 5.26. The lowest BCUT2D eigenvalue weighted by Gasteiger charge is -2.31. The van der Waals surface area contributed by atoms with Crippen LogP contribution < -0.4 is 9.47 Å². The Kier molecular flexibility index (Phi) is 6.55. The molecule has 1 atom stereocenters. The number of hydrogen-bond donors (Lipinski definition) is 0. The van der Waals surface area contributed by atoms with Crippen molar-refractivity contribution in [1.29, 1.82) is 0 Å². The van der Waals surface area contributed by atoms with Crippen LogP contribution in [0.1, 0.15) is 41.5 Å². The van der Waals surface area contributed by atoms with Crippen LogP contribution in [0, 0.1) is 6.92 Å². The van der Waals surface area contributed by atoms with Gasteiger partial charge < -0.3 is 18.8 Å². The van der Waals surface area contributed by atoms with Crippen LogP contribution in [0.2, 0.25) is 0 Å². The van der Waals surface area contributed by atoms with Gasteiger partial charge in [0.25, 0.3) is 5.91 Å². The van der Waals surface area contributed by atoms with Crippen molar-refractivity contribution in [3.63, 3.8) is 0 Å². The third-order valence-electron chi connectivity index (χ3n) is 5.65. The molecule has 31 heavy (non-hydrogen) atoms. The third-order valence-corrected chi connectivity index (χ3v) is 5.65. The van der Waals surface area contributed by atoms with Crippen LogP contribution in [0.25, 0.3) is 0 Å². The SMILES string of the molecule is COc1cccc(Cc2cnc(C3CCCN(C(=O)COc4ccccc4C)C3)o2)c1. The van der Waals surface area contributed by atoms with Gasteiger partial charge in [0.05, 0.1) is 19.2 Å². The van der Waals surface area contributed by atoms with Crippen molar-refractivity contribution in [2.45, 2.75) is 32.1 Å². The molecule has 1 aliphatic heterocycles. The van der Waals surface area contributed by atoms with Gasteiger partial charge in [-0.25, -0.2) is 4.98 Å². The van der Waals surface area contributed by atoms with E-state index in [1.54, 1.807) is 13.3 Å². The molecule has 4 rings (SSSR count). The van der Waals surface area contributed by atoms with Gasteiger partial charge in [-0.1, -0.05) is 30.3 Å². The molecule has 2 heterocycles. The van der Waals surface area contributed by atoms with E-state index < -0.39 is 0 Å². The molecule has 6 nitrogen and oxygen atoms in total. The molecule has 0 radical (unpaired) electrons. The quantitative estimate of drug-likeness (QED) is 0.568. The second-order valence-corrected chi connectivity index (χ2v) is 7.93. The number of para-hydroxylation sites is 1. The maximum absolute atomic E-state index is 12.7. The lowest BCUT2D eigenvalue weighted by molar-refractivity contribution is -0.134. The van der Waals surface area contributed by atoms with Gasteiger partial charge in [0.15, 0.2) is 12.5 Å². The average Bonchev–Trinajstić information content (AvgIpc) is 3.27. The summed E-state index contributed by atoms with van der Waals surface area (Å²) in [5.41, 5.74) is 2.13. The minimum Gasteiger partial charge on any atom is -0.497 e. The van der Waals surface area contributed by atoms with Gasteiger partial charge in [-0.2, -0.15) is 0 Å². The van der Waals surface area contributed by atoms with Gasteiger partial charge in [-0.05, 0) is 49.1 Å². The van der Waals surface area contributed by atoms with Gasteiger partial charge in [0.1, 0.15) is 17.3 Å². The van der Waals surface area contributed by atoms with Crippen LogP contribution in [0.15, 0.2) is 59.1 Å². The Balaban J connectivity index is 1.35. The van der Waals surface area contributed by atoms with Gasteiger partial charge in [-0.3, -0.25) is 4.79 Å². The molecule has 3 aromatic rings. The van der Waals surface area contributed by atoms with Gasteiger partial charge in [-0.15, -0.1) is 0 Å². The van der Waals surface area contributed by atoms with Crippen molar-refractivity contribution >= 4 is 5.91 Å². The Morgan fingerprint density at radius 3 is 2.94 bits per heavy atom. The highest BCUT2D eigenvalue weighted by atomic mass is 16.5. The fourth-order valence-electron chi connectivity index (χ4n) is 3.93. The second-order valence-electron chi connectivity index (χ2n) is 7.93. The van der Waals surface area contributed by atoms with Gasteiger partial charge in [0.2, 0.25) is 0 Å². The molecular formula is C25H28N2O4. The maximum Gasteiger partial charge on any atom is 0.260 e. The predicted molar refractivity (Wildman–Crippen MR) is 118 cm³/mol. The van der Waals surface area contributed by atoms with E-state index in [0.717, 1.165) is 47.8 Å². The summed E-state index contributed by atoms with van der Waals surface area (Å²) < 4.78 is 17.1. The fraction of sp³-hybridized carbons (Fsp3) is 0.360. The molecular weight excluding hydrogens is 392 g/mol. The number of oxazole rings is 1. The minimum atomic E-state index is -0.00360. The summed E-state index contributed by atoms with van der Waals surface area (Å²) in [7, 11) is 1.66. The Bertz CT molecular complexity index is 1030. The van der Waals surface area contributed by atoms with Crippen molar-refractivity contribution < 1.29 is 18.7 Å². The monoisotopic (exact) mass is 420 g/mol. The zero-order chi connectivity index (χ0) is 21.6. The first-order valence-electron chi connectivity index (χ1n) is 10.7. The number of piperidine rings is 1. The molecule has 0 N–H and O–H groups in total. The number of carbonyl (C=O) groups is 1. The summed E-state index contributed by atoms with van der Waals surface area (Å²) in [6.07, 6.45) is 4.33. The van der Waals surface area contributed by atoms with Crippen LogP contribution in [0.3, 0.4) is 0 Å². The molecule has 1 aromatic heterocycles. The summed E-state index contributed by atoms with van der Waals surface area (Å²) >= 11 is 0. The number of likely N-dealkylation sites (tertiary alicyclic amines) is 1. The van der Waals surface area contributed by atoms with Crippen LogP contribution in [0.4, 0.5) is 0 Å². The predicted octanol–water partition coefficient (Wildman–Crippen LogP) is 4.37. The van der Waals surface area contributed by atoms with Crippen LogP contribution >= 0.6 is 0 Å². The van der Waals surface area contributed by atoms with E-state index in [9.17, 15) is 4.79 Å². The summed E-state index contributed by atoms with van der Waals surface area (Å²) in [5.74, 6) is 3.20. The largest absolute Gasteiger partial charge is 0.497 e. The van der Waals surface area contributed by atoms with E-state index in [1.165, 1.54) is 0 Å². The molecule has 1 saturated heterocycles. The van der Waals surface area contributed by atoms with Crippen molar-refractivity contribution in [3.8, 4) is 11.5 Å². The number of hydrogen-bond acceptors (Lipinski definition) is 5. The van der Waals surface area contributed by atoms with Crippen molar-refractivity contribution in [2.75, 3.05) is 26.8 Å². The molecule has 0 spiro atoms. The summed E-state index contributed by atoms with van der Waals surface area (Å²) in [6, 6.07) is 15.7. The van der Waals surface area contributed by atoms with Gasteiger partial charge >= 0.3 is 0 Å². The number of aromatic nitrogens is 1. The molecule has 6 heteroatoms. The summed E-state index contributed by atoms with van der Waals surface area (Å²) in [4.78, 5) is 19.1. The van der Waals surface area contributed by atoms with E-state index in [2.05, 4.69) is 4.98 Å². The number of amides is 1. The number of methoxy groups -OCH3 is 1. The first-order chi connectivity index (χ1) is 15.1. The molecule has 0 aliphatic carbocycles. The zero-order valence-corrected chi connectivity index (χ0v) is 18.0. The Morgan fingerprint density at radius 1 is 1.23 bits per heavy atom. The minimum absolute atomic E-state index is 0.00360. The zero-order valence-electron chi connectivity index (χ0n) is 18.0. The van der Waals surface area contributed by atoms with E-state index in [1.807, 2.05) is 60.4 Å². The highest BCUT2D eigenvalue weighted by Crippen LogP contribution is 2.28. The molecule has 0 bridgehead atoms. The number of carbonyl (C=O) groups excluding carboxylic acids is 1.